The Bertz CT molecular complexity index is 622. The van der Waals surface area contributed by atoms with Gasteiger partial charge in [-0.05, 0) is 37.6 Å². The van der Waals surface area contributed by atoms with Crippen LogP contribution in [0.15, 0.2) is 36.9 Å². The van der Waals surface area contributed by atoms with Gasteiger partial charge in [-0.15, -0.1) is 0 Å². The molecule has 2 amide bonds. The zero-order chi connectivity index (χ0) is 15.9. The van der Waals surface area contributed by atoms with E-state index < -0.39 is 6.04 Å². The topological polar surface area (TPSA) is 88.9 Å². The molecule has 0 bridgehead atoms. The number of nitrogens with zero attached hydrogens (tertiary/aromatic N) is 3. The van der Waals surface area contributed by atoms with E-state index in [-0.39, 0.29) is 11.8 Å². The standard InChI is InChI=1S/C15H19N5O2/c1-3-4-14(21)18-12-5-7-13(8-6-12)19-15(22)11(2)20-10-16-9-17-20/h5-11H,3-4H2,1-2H3,(H,18,21)(H,19,22). The number of carbonyl (C=O) groups excluding carboxylic acids is 2. The third kappa shape index (κ3) is 4.15. The smallest absolute Gasteiger partial charge is 0.249 e. The van der Waals surface area contributed by atoms with Gasteiger partial charge >= 0.3 is 0 Å². The molecule has 1 heterocycles. The quantitative estimate of drug-likeness (QED) is 0.856. The van der Waals surface area contributed by atoms with E-state index in [1.165, 1.54) is 17.3 Å². The summed E-state index contributed by atoms with van der Waals surface area (Å²) in [6.07, 6.45) is 4.18. The van der Waals surface area contributed by atoms with Crippen molar-refractivity contribution in [3.8, 4) is 0 Å². The molecular weight excluding hydrogens is 282 g/mol. The minimum atomic E-state index is -0.452. The highest BCUT2D eigenvalue weighted by atomic mass is 16.2. The second-order valence-corrected chi connectivity index (χ2v) is 4.92. The van der Waals surface area contributed by atoms with Crippen molar-refractivity contribution < 1.29 is 9.59 Å². The lowest BCUT2D eigenvalue weighted by Gasteiger charge is -2.12. The van der Waals surface area contributed by atoms with E-state index in [1.807, 2.05) is 6.92 Å². The Morgan fingerprint density at radius 2 is 1.82 bits per heavy atom. The molecule has 22 heavy (non-hydrogen) atoms. The number of aromatic nitrogens is 3. The largest absolute Gasteiger partial charge is 0.326 e. The summed E-state index contributed by atoms with van der Waals surface area (Å²) in [5.74, 6) is -0.202. The van der Waals surface area contributed by atoms with Crippen molar-refractivity contribution in [3.63, 3.8) is 0 Å². The highest BCUT2D eigenvalue weighted by Crippen LogP contribution is 2.15. The Morgan fingerprint density at radius 3 is 2.36 bits per heavy atom. The maximum Gasteiger partial charge on any atom is 0.249 e. The van der Waals surface area contributed by atoms with Crippen LogP contribution in [0.3, 0.4) is 0 Å². The number of benzene rings is 1. The fourth-order valence-corrected chi connectivity index (χ4v) is 1.87. The van der Waals surface area contributed by atoms with E-state index in [9.17, 15) is 9.59 Å². The summed E-state index contributed by atoms with van der Waals surface area (Å²) in [5.41, 5.74) is 1.37. The number of carbonyl (C=O) groups is 2. The lowest BCUT2D eigenvalue weighted by atomic mass is 10.2. The summed E-state index contributed by atoms with van der Waals surface area (Å²) in [7, 11) is 0. The van der Waals surface area contributed by atoms with E-state index in [0.29, 0.717) is 17.8 Å². The van der Waals surface area contributed by atoms with E-state index in [1.54, 1.807) is 31.2 Å². The van der Waals surface area contributed by atoms with Gasteiger partial charge in [-0.25, -0.2) is 9.67 Å². The van der Waals surface area contributed by atoms with Gasteiger partial charge < -0.3 is 10.6 Å². The van der Waals surface area contributed by atoms with Crippen LogP contribution < -0.4 is 10.6 Å². The summed E-state index contributed by atoms with van der Waals surface area (Å²) in [4.78, 5) is 27.4. The molecule has 1 unspecified atom stereocenters. The molecule has 1 aromatic heterocycles. The molecule has 2 aromatic rings. The van der Waals surface area contributed by atoms with Gasteiger partial charge in [0.25, 0.3) is 0 Å². The number of anilines is 2. The molecule has 0 aliphatic heterocycles. The zero-order valence-corrected chi connectivity index (χ0v) is 12.6. The predicted octanol–water partition coefficient (Wildman–Crippen LogP) is 2.22. The molecule has 2 N–H and O–H groups in total. The van der Waals surface area contributed by atoms with Gasteiger partial charge in [0.2, 0.25) is 11.8 Å². The van der Waals surface area contributed by atoms with Crippen LogP contribution >= 0.6 is 0 Å². The molecule has 1 aromatic carbocycles. The Balaban J connectivity index is 1.93. The number of hydrogen-bond donors (Lipinski definition) is 2. The first-order chi connectivity index (χ1) is 10.6. The first-order valence-corrected chi connectivity index (χ1v) is 7.15. The van der Waals surface area contributed by atoms with Crippen molar-refractivity contribution in [2.45, 2.75) is 32.7 Å². The molecule has 2 rings (SSSR count). The molecule has 1 atom stereocenters. The molecule has 7 nitrogen and oxygen atoms in total. The molecule has 116 valence electrons. The highest BCUT2D eigenvalue weighted by Gasteiger charge is 2.15. The third-order valence-electron chi connectivity index (χ3n) is 3.13. The first kappa shape index (κ1) is 15.7. The maximum atomic E-state index is 12.1. The SMILES string of the molecule is CCCC(=O)Nc1ccc(NC(=O)C(C)n2cncn2)cc1. The van der Waals surface area contributed by atoms with Gasteiger partial charge in [-0.3, -0.25) is 9.59 Å². The van der Waals surface area contributed by atoms with Gasteiger partial charge in [0.05, 0.1) is 0 Å². The summed E-state index contributed by atoms with van der Waals surface area (Å²) in [6.45, 7) is 3.69. The van der Waals surface area contributed by atoms with Gasteiger partial charge in [0.15, 0.2) is 0 Å². The number of hydrogen-bond acceptors (Lipinski definition) is 4. The maximum absolute atomic E-state index is 12.1. The summed E-state index contributed by atoms with van der Waals surface area (Å²) < 4.78 is 1.48. The van der Waals surface area contributed by atoms with Gasteiger partial charge in [-0.1, -0.05) is 6.92 Å². The van der Waals surface area contributed by atoms with Crippen molar-refractivity contribution in [1.82, 2.24) is 14.8 Å². The number of nitrogens with one attached hydrogen (secondary N) is 2. The number of rotatable bonds is 6. The lowest BCUT2D eigenvalue weighted by molar-refractivity contribution is -0.119. The fourth-order valence-electron chi connectivity index (χ4n) is 1.87. The fraction of sp³-hybridized carbons (Fsp3) is 0.333. The zero-order valence-electron chi connectivity index (χ0n) is 12.6. The van der Waals surface area contributed by atoms with Crippen LogP contribution in [0.2, 0.25) is 0 Å². The van der Waals surface area contributed by atoms with Gasteiger partial charge in [0.1, 0.15) is 18.7 Å². The molecule has 0 radical (unpaired) electrons. The van der Waals surface area contributed by atoms with Crippen LogP contribution in [-0.2, 0) is 9.59 Å². The van der Waals surface area contributed by atoms with E-state index in [0.717, 1.165) is 6.42 Å². The Labute approximate surface area is 128 Å². The van der Waals surface area contributed by atoms with Gasteiger partial charge in [-0.2, -0.15) is 5.10 Å². The van der Waals surface area contributed by atoms with Crippen LogP contribution in [0.1, 0.15) is 32.7 Å². The minimum absolute atomic E-state index is 0.0147. The van der Waals surface area contributed by atoms with Crippen LogP contribution in [0.5, 0.6) is 0 Å². The Morgan fingerprint density at radius 1 is 1.18 bits per heavy atom. The molecule has 0 fully saturated rings. The second kappa shape index (κ2) is 7.35. The molecule has 0 aliphatic carbocycles. The third-order valence-corrected chi connectivity index (χ3v) is 3.13. The molecule has 0 saturated heterocycles. The van der Waals surface area contributed by atoms with Gasteiger partial charge in [0, 0.05) is 17.8 Å². The minimum Gasteiger partial charge on any atom is -0.326 e. The van der Waals surface area contributed by atoms with Crippen molar-refractivity contribution in [2.24, 2.45) is 0 Å². The summed E-state index contributed by atoms with van der Waals surface area (Å²) in [6, 6.07) is 6.54. The van der Waals surface area contributed by atoms with Crippen LogP contribution in [0, 0.1) is 0 Å². The molecule has 7 heteroatoms. The molecule has 0 spiro atoms. The van der Waals surface area contributed by atoms with Crippen LogP contribution in [0.4, 0.5) is 11.4 Å². The van der Waals surface area contributed by atoms with Crippen molar-refractivity contribution >= 4 is 23.2 Å². The second-order valence-electron chi connectivity index (χ2n) is 4.92. The molecule has 0 aliphatic rings. The van der Waals surface area contributed by atoms with E-state index in [4.69, 9.17) is 0 Å². The first-order valence-electron chi connectivity index (χ1n) is 7.15. The Kier molecular flexibility index (Phi) is 5.24. The van der Waals surface area contributed by atoms with E-state index >= 15 is 0 Å². The summed E-state index contributed by atoms with van der Waals surface area (Å²) in [5, 5.41) is 9.53. The van der Waals surface area contributed by atoms with Crippen LogP contribution in [0.25, 0.3) is 0 Å². The molecule has 0 saturated carbocycles. The Hall–Kier alpha value is -2.70. The average molecular weight is 301 g/mol. The normalized spacial score (nSPS) is 11.7. The lowest BCUT2D eigenvalue weighted by Crippen LogP contribution is -2.24. The van der Waals surface area contributed by atoms with Crippen molar-refractivity contribution in [2.75, 3.05) is 10.6 Å². The summed E-state index contributed by atoms with van der Waals surface area (Å²) >= 11 is 0. The molecular formula is C15H19N5O2. The average Bonchev–Trinajstić information content (AvgIpc) is 3.03. The van der Waals surface area contributed by atoms with Crippen LogP contribution in [-0.4, -0.2) is 26.6 Å². The number of amides is 2. The highest BCUT2D eigenvalue weighted by molar-refractivity contribution is 5.94. The monoisotopic (exact) mass is 301 g/mol. The predicted molar refractivity (Wildman–Crippen MR) is 83.3 cm³/mol. The van der Waals surface area contributed by atoms with Crippen molar-refractivity contribution in [1.29, 1.82) is 0 Å². The van der Waals surface area contributed by atoms with E-state index in [2.05, 4.69) is 20.7 Å². The van der Waals surface area contributed by atoms with Crippen molar-refractivity contribution in [3.05, 3.63) is 36.9 Å².